The summed E-state index contributed by atoms with van der Waals surface area (Å²) in [7, 11) is 0. The van der Waals surface area contributed by atoms with Gasteiger partial charge in [-0.25, -0.2) is 4.98 Å². The molecule has 0 bridgehead atoms. The molecule has 1 aromatic carbocycles. The topological polar surface area (TPSA) is 68.1 Å². The number of nitro groups is 1. The van der Waals surface area contributed by atoms with Crippen LogP contribution in [0.4, 0.5) is 17.2 Å². The van der Waals surface area contributed by atoms with E-state index in [1.165, 1.54) is 6.07 Å². The molecule has 20 heavy (non-hydrogen) atoms. The predicted molar refractivity (Wildman–Crippen MR) is 80.1 cm³/mol. The van der Waals surface area contributed by atoms with Crippen LogP contribution < -0.4 is 5.32 Å². The van der Waals surface area contributed by atoms with E-state index >= 15 is 0 Å². The lowest BCUT2D eigenvalue weighted by Crippen LogP contribution is -2.00. The number of rotatable bonds is 4. The largest absolute Gasteiger partial charge is 0.334 e. The van der Waals surface area contributed by atoms with Crippen LogP contribution in [0.25, 0.3) is 5.57 Å². The van der Waals surface area contributed by atoms with Crippen LogP contribution in [0, 0.1) is 17.0 Å². The number of allylic oxidation sites excluding steroid dienone is 1. The first-order valence-corrected chi connectivity index (χ1v) is 6.12. The van der Waals surface area contributed by atoms with Crippen LogP contribution in [0.5, 0.6) is 0 Å². The number of hydrogen-bond donors (Lipinski definition) is 1. The predicted octanol–water partition coefficient (Wildman–Crippen LogP) is 4.07. The van der Waals surface area contributed by atoms with Crippen LogP contribution in [0.1, 0.15) is 18.2 Å². The van der Waals surface area contributed by atoms with Crippen molar-refractivity contribution in [3.63, 3.8) is 0 Å². The van der Waals surface area contributed by atoms with E-state index in [1.807, 2.05) is 31.2 Å². The summed E-state index contributed by atoms with van der Waals surface area (Å²) < 4.78 is 0. The summed E-state index contributed by atoms with van der Waals surface area (Å²) in [4.78, 5) is 14.7. The molecule has 0 atom stereocenters. The molecule has 5 heteroatoms. The van der Waals surface area contributed by atoms with E-state index in [2.05, 4.69) is 16.9 Å². The molecule has 0 radical (unpaired) electrons. The van der Waals surface area contributed by atoms with Gasteiger partial charge in [-0.05, 0) is 37.6 Å². The van der Waals surface area contributed by atoms with Gasteiger partial charge in [0.1, 0.15) is 0 Å². The van der Waals surface area contributed by atoms with Crippen molar-refractivity contribution in [1.29, 1.82) is 0 Å². The van der Waals surface area contributed by atoms with Gasteiger partial charge in [-0.1, -0.05) is 24.3 Å². The number of nitrogens with zero attached hydrogens (tertiary/aromatic N) is 2. The van der Waals surface area contributed by atoms with Crippen LogP contribution in [0.2, 0.25) is 0 Å². The van der Waals surface area contributed by atoms with Gasteiger partial charge in [0.15, 0.2) is 0 Å². The molecule has 0 amide bonds. The fraction of sp³-hybridized carbons (Fsp3) is 0.133. The Hall–Kier alpha value is -2.69. The van der Waals surface area contributed by atoms with Crippen LogP contribution in [0.15, 0.2) is 43.0 Å². The molecule has 0 saturated heterocycles. The Morgan fingerprint density at radius 3 is 2.45 bits per heavy atom. The number of pyridine rings is 1. The second-order valence-corrected chi connectivity index (χ2v) is 4.56. The molecular formula is C15H15N3O2. The third-order valence-corrected chi connectivity index (χ3v) is 2.85. The van der Waals surface area contributed by atoms with Crippen molar-refractivity contribution in [3.05, 3.63) is 64.3 Å². The van der Waals surface area contributed by atoms with E-state index in [0.29, 0.717) is 0 Å². The van der Waals surface area contributed by atoms with Gasteiger partial charge in [-0.3, -0.25) is 10.1 Å². The molecule has 5 nitrogen and oxygen atoms in total. The zero-order valence-electron chi connectivity index (χ0n) is 11.4. The number of anilines is 2. The zero-order valence-corrected chi connectivity index (χ0v) is 11.4. The van der Waals surface area contributed by atoms with Gasteiger partial charge >= 0.3 is 5.69 Å². The third-order valence-electron chi connectivity index (χ3n) is 2.85. The molecule has 0 saturated carbocycles. The van der Waals surface area contributed by atoms with Crippen molar-refractivity contribution in [2.24, 2.45) is 0 Å². The Balaban J connectivity index is 2.31. The summed E-state index contributed by atoms with van der Waals surface area (Å²) >= 11 is 0. The van der Waals surface area contributed by atoms with Gasteiger partial charge < -0.3 is 5.32 Å². The molecule has 1 N–H and O–H groups in total. The zero-order chi connectivity index (χ0) is 14.7. The number of aryl methyl sites for hydroxylation is 1. The molecule has 1 aromatic heterocycles. The minimum Gasteiger partial charge on any atom is -0.334 e. The highest BCUT2D eigenvalue weighted by atomic mass is 16.6. The first-order chi connectivity index (χ1) is 9.47. The maximum Gasteiger partial charge on any atom is 0.311 e. The molecule has 0 spiro atoms. The maximum atomic E-state index is 11.0. The number of benzene rings is 1. The lowest BCUT2D eigenvalue weighted by Gasteiger charge is -2.08. The average Bonchev–Trinajstić information content (AvgIpc) is 2.39. The Morgan fingerprint density at radius 2 is 1.90 bits per heavy atom. The first kappa shape index (κ1) is 13.7. The van der Waals surface area contributed by atoms with Crippen molar-refractivity contribution in [3.8, 4) is 0 Å². The summed E-state index contributed by atoms with van der Waals surface area (Å²) in [6.07, 6.45) is 0. The maximum absolute atomic E-state index is 11.0. The van der Waals surface area contributed by atoms with E-state index in [4.69, 9.17) is 0 Å². The van der Waals surface area contributed by atoms with Crippen molar-refractivity contribution in [1.82, 2.24) is 4.98 Å². The van der Waals surface area contributed by atoms with Gasteiger partial charge in [0.2, 0.25) is 5.82 Å². The molecule has 0 aliphatic carbocycles. The molecule has 1 heterocycles. The Morgan fingerprint density at radius 1 is 1.25 bits per heavy atom. The Labute approximate surface area is 117 Å². The molecule has 2 aromatic rings. The fourth-order valence-corrected chi connectivity index (χ4v) is 1.76. The lowest BCUT2D eigenvalue weighted by atomic mass is 10.1. The second-order valence-electron chi connectivity index (χ2n) is 4.56. The minimum absolute atomic E-state index is 0.0421. The number of nitrogens with one attached hydrogen (secondary N) is 1. The van der Waals surface area contributed by atoms with E-state index in [-0.39, 0.29) is 11.5 Å². The highest BCUT2D eigenvalue weighted by molar-refractivity contribution is 5.68. The molecule has 0 fully saturated rings. The molecule has 2 rings (SSSR count). The summed E-state index contributed by atoms with van der Waals surface area (Å²) in [6.45, 7) is 7.58. The lowest BCUT2D eigenvalue weighted by molar-refractivity contribution is -0.384. The van der Waals surface area contributed by atoms with Crippen molar-refractivity contribution >= 4 is 22.8 Å². The van der Waals surface area contributed by atoms with Gasteiger partial charge in [-0.2, -0.15) is 0 Å². The summed E-state index contributed by atoms with van der Waals surface area (Å²) in [5.41, 5.74) is 3.42. The van der Waals surface area contributed by atoms with Gasteiger partial charge in [0, 0.05) is 17.4 Å². The van der Waals surface area contributed by atoms with Crippen molar-refractivity contribution < 1.29 is 4.92 Å². The monoisotopic (exact) mass is 269 g/mol. The van der Waals surface area contributed by atoms with Gasteiger partial charge in [-0.15, -0.1) is 0 Å². The highest BCUT2D eigenvalue weighted by Crippen LogP contribution is 2.26. The van der Waals surface area contributed by atoms with Crippen molar-refractivity contribution in [2.75, 3.05) is 5.32 Å². The normalized spacial score (nSPS) is 10.1. The fourth-order valence-electron chi connectivity index (χ4n) is 1.76. The van der Waals surface area contributed by atoms with Crippen molar-refractivity contribution in [2.45, 2.75) is 13.8 Å². The van der Waals surface area contributed by atoms with Crippen LogP contribution >= 0.6 is 0 Å². The van der Waals surface area contributed by atoms with E-state index in [9.17, 15) is 10.1 Å². The number of hydrogen-bond acceptors (Lipinski definition) is 4. The molecule has 0 unspecified atom stereocenters. The van der Waals surface area contributed by atoms with Crippen LogP contribution in [0.3, 0.4) is 0 Å². The highest BCUT2D eigenvalue weighted by Gasteiger charge is 2.15. The van der Waals surface area contributed by atoms with Gasteiger partial charge in [0.05, 0.1) is 4.92 Å². The molecular weight excluding hydrogens is 254 g/mol. The minimum atomic E-state index is -0.447. The molecule has 102 valence electrons. The summed E-state index contributed by atoms with van der Waals surface area (Å²) in [5, 5.41) is 14.0. The smallest absolute Gasteiger partial charge is 0.311 e. The van der Waals surface area contributed by atoms with Gasteiger partial charge in [0.25, 0.3) is 0 Å². The average molecular weight is 269 g/mol. The second kappa shape index (κ2) is 5.52. The molecule has 0 aliphatic rings. The van der Waals surface area contributed by atoms with E-state index in [1.54, 1.807) is 13.0 Å². The summed E-state index contributed by atoms with van der Waals surface area (Å²) in [5.74, 6) is 0.248. The molecule has 0 aliphatic heterocycles. The van der Waals surface area contributed by atoms with Crippen LogP contribution in [-0.2, 0) is 0 Å². The standard InChI is InChI=1S/C15H15N3O2/c1-10(2)12-5-7-13(8-6-12)17-15-14(18(19)20)9-4-11(3)16-15/h4-9H,1H2,2-3H3,(H,16,17). The Kier molecular flexibility index (Phi) is 3.79. The quantitative estimate of drug-likeness (QED) is 0.671. The third kappa shape index (κ3) is 3.00. The Bertz CT molecular complexity index is 663. The first-order valence-electron chi connectivity index (χ1n) is 6.12. The van der Waals surface area contributed by atoms with Crippen LogP contribution in [-0.4, -0.2) is 9.91 Å². The van der Waals surface area contributed by atoms with E-state index in [0.717, 1.165) is 22.5 Å². The summed E-state index contributed by atoms with van der Waals surface area (Å²) in [6, 6.07) is 10.6. The SMILES string of the molecule is C=C(C)c1ccc(Nc2nc(C)ccc2[N+](=O)[O-])cc1. The number of aromatic nitrogens is 1. The van der Waals surface area contributed by atoms with E-state index < -0.39 is 4.92 Å².